The van der Waals surface area contributed by atoms with Crippen LogP contribution in [0.4, 0.5) is 0 Å². The van der Waals surface area contributed by atoms with Crippen molar-refractivity contribution in [2.75, 3.05) is 19.8 Å². The van der Waals surface area contributed by atoms with Crippen molar-refractivity contribution in [1.29, 1.82) is 0 Å². The summed E-state index contributed by atoms with van der Waals surface area (Å²) >= 11 is 0. The van der Waals surface area contributed by atoms with E-state index < -0.39 is 21.7 Å². The number of hydrogen-bond donors (Lipinski definition) is 2. The Morgan fingerprint density at radius 3 is 2.29 bits per heavy atom. The second-order valence-electron chi connectivity index (χ2n) is 4.46. The first kappa shape index (κ1) is 14.4. The lowest BCUT2D eigenvalue weighted by Gasteiger charge is -2.33. The van der Waals surface area contributed by atoms with E-state index in [1.165, 1.54) is 11.4 Å². The van der Waals surface area contributed by atoms with E-state index in [0.717, 1.165) is 25.7 Å². The van der Waals surface area contributed by atoms with Gasteiger partial charge in [0.15, 0.2) is 5.75 Å². The van der Waals surface area contributed by atoms with Gasteiger partial charge in [0, 0.05) is 19.1 Å². The minimum Gasteiger partial charge on any atom is -0.480 e. The SMILES string of the molecule is CNC1CCC(N(C)S(=O)(=O)CC(=O)O)CC1. The van der Waals surface area contributed by atoms with Crippen molar-refractivity contribution in [3.05, 3.63) is 0 Å². The molecule has 2 N–H and O–H groups in total. The smallest absolute Gasteiger partial charge is 0.320 e. The molecule has 0 aliphatic heterocycles. The highest BCUT2D eigenvalue weighted by atomic mass is 32.2. The van der Waals surface area contributed by atoms with Crippen LogP contribution < -0.4 is 5.32 Å². The van der Waals surface area contributed by atoms with Gasteiger partial charge in [0.05, 0.1) is 0 Å². The van der Waals surface area contributed by atoms with Crippen LogP contribution in [0.3, 0.4) is 0 Å². The van der Waals surface area contributed by atoms with Gasteiger partial charge < -0.3 is 10.4 Å². The van der Waals surface area contributed by atoms with Crippen LogP contribution in [0.15, 0.2) is 0 Å². The molecular formula is C10H20N2O4S. The van der Waals surface area contributed by atoms with Crippen LogP contribution in [0.1, 0.15) is 25.7 Å². The third-order valence-corrected chi connectivity index (χ3v) is 5.15. The Morgan fingerprint density at radius 1 is 1.35 bits per heavy atom. The number of aliphatic carboxylic acids is 1. The maximum atomic E-state index is 11.7. The van der Waals surface area contributed by atoms with Crippen LogP contribution >= 0.6 is 0 Å². The molecule has 0 radical (unpaired) electrons. The molecule has 0 saturated heterocycles. The van der Waals surface area contributed by atoms with Gasteiger partial charge in [-0.25, -0.2) is 12.7 Å². The molecule has 1 rings (SSSR count). The molecule has 0 aromatic heterocycles. The molecule has 0 heterocycles. The number of nitrogens with zero attached hydrogens (tertiary/aromatic N) is 1. The first-order chi connectivity index (χ1) is 7.86. The Labute approximate surface area is 102 Å². The molecule has 17 heavy (non-hydrogen) atoms. The van der Waals surface area contributed by atoms with E-state index in [1.54, 1.807) is 0 Å². The van der Waals surface area contributed by atoms with E-state index in [9.17, 15) is 13.2 Å². The van der Waals surface area contributed by atoms with Crippen LogP contribution in [-0.4, -0.2) is 55.7 Å². The molecule has 7 heteroatoms. The van der Waals surface area contributed by atoms with Gasteiger partial charge in [-0.1, -0.05) is 0 Å². The molecule has 1 aliphatic carbocycles. The Hall–Kier alpha value is -0.660. The van der Waals surface area contributed by atoms with Crippen molar-refractivity contribution in [2.45, 2.75) is 37.8 Å². The second-order valence-corrected chi connectivity index (χ2v) is 6.49. The maximum Gasteiger partial charge on any atom is 0.320 e. The van der Waals surface area contributed by atoms with E-state index in [1.807, 2.05) is 7.05 Å². The maximum absolute atomic E-state index is 11.7. The van der Waals surface area contributed by atoms with Gasteiger partial charge in [-0.15, -0.1) is 0 Å². The zero-order chi connectivity index (χ0) is 13.1. The summed E-state index contributed by atoms with van der Waals surface area (Å²) < 4.78 is 24.7. The molecule has 1 saturated carbocycles. The highest BCUT2D eigenvalue weighted by Crippen LogP contribution is 2.24. The number of nitrogens with one attached hydrogen (secondary N) is 1. The summed E-state index contributed by atoms with van der Waals surface area (Å²) in [4.78, 5) is 10.5. The fourth-order valence-corrected chi connectivity index (χ4v) is 3.39. The van der Waals surface area contributed by atoms with Gasteiger partial charge in [-0.2, -0.15) is 0 Å². The summed E-state index contributed by atoms with van der Waals surface area (Å²) in [6.45, 7) is 0. The number of hydrogen-bond acceptors (Lipinski definition) is 4. The molecule has 0 aromatic carbocycles. The number of carboxylic acid groups (broad SMARTS) is 1. The molecular weight excluding hydrogens is 244 g/mol. The molecule has 1 aliphatic rings. The zero-order valence-corrected chi connectivity index (χ0v) is 11.0. The third kappa shape index (κ3) is 3.93. The minimum absolute atomic E-state index is 0.0658. The summed E-state index contributed by atoms with van der Waals surface area (Å²) in [5.74, 6) is -2.13. The summed E-state index contributed by atoms with van der Waals surface area (Å²) in [5, 5.41) is 11.7. The van der Waals surface area contributed by atoms with Crippen LogP contribution in [0.2, 0.25) is 0 Å². The second kappa shape index (κ2) is 5.79. The molecule has 1 fully saturated rings. The molecule has 0 amide bonds. The van der Waals surface area contributed by atoms with E-state index >= 15 is 0 Å². The van der Waals surface area contributed by atoms with Gasteiger partial charge in [0.1, 0.15) is 0 Å². The van der Waals surface area contributed by atoms with Gasteiger partial charge in [-0.3, -0.25) is 4.79 Å². The summed E-state index contributed by atoms with van der Waals surface area (Å²) in [5.41, 5.74) is 0. The van der Waals surface area contributed by atoms with Gasteiger partial charge >= 0.3 is 5.97 Å². The number of rotatable bonds is 5. The lowest BCUT2D eigenvalue weighted by molar-refractivity contribution is -0.134. The summed E-state index contributed by atoms with van der Waals surface area (Å²) in [6.07, 6.45) is 3.41. The zero-order valence-electron chi connectivity index (χ0n) is 10.2. The Kier molecular flexibility index (Phi) is 4.91. The van der Waals surface area contributed by atoms with Crippen LogP contribution in [0, 0.1) is 0 Å². The molecule has 0 atom stereocenters. The normalized spacial score (nSPS) is 26.1. The summed E-state index contributed by atoms with van der Waals surface area (Å²) in [7, 11) is -0.296. The lowest BCUT2D eigenvalue weighted by atomic mass is 9.91. The predicted molar refractivity (Wildman–Crippen MR) is 64.3 cm³/mol. The predicted octanol–water partition coefficient (Wildman–Crippen LogP) is -0.137. The van der Waals surface area contributed by atoms with Crippen molar-refractivity contribution < 1.29 is 18.3 Å². The Bertz CT molecular complexity index is 361. The Morgan fingerprint density at radius 2 is 1.88 bits per heavy atom. The van der Waals surface area contributed by atoms with Crippen molar-refractivity contribution in [3.63, 3.8) is 0 Å². The molecule has 0 unspecified atom stereocenters. The van der Waals surface area contributed by atoms with Gasteiger partial charge in [-0.05, 0) is 32.7 Å². The van der Waals surface area contributed by atoms with Crippen LogP contribution in [0.5, 0.6) is 0 Å². The van der Waals surface area contributed by atoms with Gasteiger partial charge in [0.2, 0.25) is 10.0 Å². The first-order valence-electron chi connectivity index (χ1n) is 5.71. The lowest BCUT2D eigenvalue weighted by Crippen LogP contribution is -2.44. The minimum atomic E-state index is -3.67. The highest BCUT2D eigenvalue weighted by molar-refractivity contribution is 7.89. The fourth-order valence-electron chi connectivity index (χ4n) is 2.21. The molecule has 0 bridgehead atoms. The average molecular weight is 264 g/mol. The van der Waals surface area contributed by atoms with E-state index in [4.69, 9.17) is 5.11 Å². The molecule has 0 spiro atoms. The van der Waals surface area contributed by atoms with E-state index in [0.29, 0.717) is 6.04 Å². The fraction of sp³-hybridized carbons (Fsp3) is 0.900. The highest BCUT2D eigenvalue weighted by Gasteiger charge is 2.31. The van der Waals surface area contributed by atoms with Crippen molar-refractivity contribution in [1.82, 2.24) is 9.62 Å². The van der Waals surface area contributed by atoms with E-state index in [-0.39, 0.29) is 6.04 Å². The van der Waals surface area contributed by atoms with Crippen molar-refractivity contribution >= 4 is 16.0 Å². The molecule has 0 aromatic rings. The number of carboxylic acids is 1. The number of carbonyl (C=O) groups is 1. The number of sulfonamides is 1. The Balaban J connectivity index is 2.59. The first-order valence-corrected chi connectivity index (χ1v) is 7.32. The van der Waals surface area contributed by atoms with Crippen molar-refractivity contribution in [2.24, 2.45) is 0 Å². The van der Waals surface area contributed by atoms with Crippen LogP contribution in [-0.2, 0) is 14.8 Å². The monoisotopic (exact) mass is 264 g/mol. The quantitative estimate of drug-likeness (QED) is 0.722. The topological polar surface area (TPSA) is 86.7 Å². The van der Waals surface area contributed by atoms with Crippen LogP contribution in [0.25, 0.3) is 0 Å². The molecule has 100 valence electrons. The van der Waals surface area contributed by atoms with E-state index in [2.05, 4.69) is 5.32 Å². The van der Waals surface area contributed by atoms with Crippen molar-refractivity contribution in [3.8, 4) is 0 Å². The van der Waals surface area contributed by atoms with Gasteiger partial charge in [0.25, 0.3) is 0 Å². The third-order valence-electron chi connectivity index (χ3n) is 3.36. The standard InChI is InChI=1S/C10H20N2O4S/c1-11-8-3-5-9(6-4-8)12(2)17(15,16)7-10(13)14/h8-9,11H,3-7H2,1-2H3,(H,13,14). The molecule has 6 nitrogen and oxygen atoms in total. The average Bonchev–Trinajstić information content (AvgIpc) is 2.26. The largest absolute Gasteiger partial charge is 0.480 e. The summed E-state index contributed by atoms with van der Waals surface area (Å²) in [6, 6.07) is 0.380.